The summed E-state index contributed by atoms with van der Waals surface area (Å²) in [6, 6.07) is 7.48. The first kappa shape index (κ1) is 20.7. The normalized spacial score (nSPS) is 16.6. The van der Waals surface area contributed by atoms with Gasteiger partial charge < -0.3 is 20.1 Å². The molecule has 0 aliphatic carbocycles. The minimum absolute atomic E-state index is 0. The molecule has 6 heteroatoms. The first-order valence-corrected chi connectivity index (χ1v) is 8.30. The van der Waals surface area contributed by atoms with Crippen LogP contribution in [0.3, 0.4) is 0 Å². The molecule has 0 spiro atoms. The molecule has 2 N–H and O–H groups in total. The van der Waals surface area contributed by atoms with Crippen molar-refractivity contribution in [1.29, 1.82) is 0 Å². The topological polar surface area (TPSA) is 64.8 Å². The van der Waals surface area contributed by atoms with Crippen molar-refractivity contribution >= 4 is 18.3 Å². The lowest BCUT2D eigenvalue weighted by atomic mass is 10.0. The van der Waals surface area contributed by atoms with Crippen molar-refractivity contribution in [2.24, 2.45) is 11.7 Å². The third-order valence-corrected chi connectivity index (χ3v) is 4.42. The Kier molecular flexibility index (Phi) is 8.53. The molecule has 0 unspecified atom stereocenters. The fraction of sp³-hybridized carbons (Fsp3) is 0.611. The number of hydrogen-bond donors (Lipinski definition) is 1. The molecule has 1 fully saturated rings. The molecule has 1 atom stereocenters. The molecule has 1 aliphatic heterocycles. The van der Waals surface area contributed by atoms with E-state index in [4.69, 9.17) is 15.2 Å². The summed E-state index contributed by atoms with van der Waals surface area (Å²) in [4.78, 5) is 14.1. The fourth-order valence-corrected chi connectivity index (χ4v) is 2.77. The van der Waals surface area contributed by atoms with Gasteiger partial charge in [0, 0.05) is 18.7 Å². The van der Waals surface area contributed by atoms with Gasteiger partial charge in [0.1, 0.15) is 5.75 Å². The molecule has 1 heterocycles. The average molecular weight is 357 g/mol. The molecule has 0 aromatic heterocycles. The molecule has 1 saturated heterocycles. The van der Waals surface area contributed by atoms with E-state index in [-0.39, 0.29) is 30.3 Å². The van der Waals surface area contributed by atoms with E-state index in [9.17, 15) is 4.79 Å². The molecule has 1 amide bonds. The number of halogens is 1. The lowest BCUT2D eigenvalue weighted by Crippen LogP contribution is -2.50. The number of carbonyl (C=O) groups is 1. The Morgan fingerprint density at radius 3 is 2.50 bits per heavy atom. The monoisotopic (exact) mass is 356 g/mol. The van der Waals surface area contributed by atoms with Gasteiger partial charge >= 0.3 is 0 Å². The quantitative estimate of drug-likeness (QED) is 0.850. The van der Waals surface area contributed by atoms with Crippen LogP contribution in [0, 0.1) is 5.92 Å². The highest BCUT2D eigenvalue weighted by Crippen LogP contribution is 2.21. The molecule has 0 saturated carbocycles. The van der Waals surface area contributed by atoms with E-state index in [0.29, 0.717) is 6.61 Å². The van der Waals surface area contributed by atoms with E-state index in [1.807, 2.05) is 43.0 Å². The molecule has 0 radical (unpaired) electrons. The summed E-state index contributed by atoms with van der Waals surface area (Å²) in [6.07, 6.45) is 1.89. The highest BCUT2D eigenvalue weighted by Gasteiger charge is 2.28. The number of piperidine rings is 1. The summed E-state index contributed by atoms with van der Waals surface area (Å²) in [5.41, 5.74) is 7.01. The SMILES string of the molecule is COc1ccccc1COC1CCN(C(=O)[C@@H](N)C(C)C)CC1.Cl. The summed E-state index contributed by atoms with van der Waals surface area (Å²) < 4.78 is 11.3. The molecule has 2 rings (SSSR count). The van der Waals surface area contributed by atoms with Crippen molar-refractivity contribution in [1.82, 2.24) is 4.90 Å². The van der Waals surface area contributed by atoms with Gasteiger partial charge in [0.25, 0.3) is 0 Å². The molecule has 136 valence electrons. The van der Waals surface area contributed by atoms with Crippen molar-refractivity contribution in [3.63, 3.8) is 0 Å². The minimum atomic E-state index is -0.402. The van der Waals surface area contributed by atoms with Crippen LogP contribution in [-0.2, 0) is 16.1 Å². The molecular formula is C18H29ClN2O3. The zero-order valence-corrected chi connectivity index (χ0v) is 15.6. The van der Waals surface area contributed by atoms with Gasteiger partial charge in [-0.1, -0.05) is 32.0 Å². The van der Waals surface area contributed by atoms with Gasteiger partial charge in [-0.25, -0.2) is 0 Å². The Morgan fingerprint density at radius 2 is 1.92 bits per heavy atom. The van der Waals surface area contributed by atoms with Crippen LogP contribution >= 0.6 is 12.4 Å². The first-order chi connectivity index (χ1) is 11.0. The maximum atomic E-state index is 12.3. The highest BCUT2D eigenvalue weighted by atomic mass is 35.5. The van der Waals surface area contributed by atoms with Crippen molar-refractivity contribution in [3.8, 4) is 5.75 Å². The Labute approximate surface area is 150 Å². The van der Waals surface area contributed by atoms with E-state index in [1.54, 1.807) is 7.11 Å². The third kappa shape index (κ3) is 5.36. The molecule has 5 nitrogen and oxygen atoms in total. The van der Waals surface area contributed by atoms with Crippen LogP contribution in [0.15, 0.2) is 24.3 Å². The molecule has 0 bridgehead atoms. The number of methoxy groups -OCH3 is 1. The Hall–Kier alpha value is -1.30. The Bertz CT molecular complexity index is 517. The van der Waals surface area contributed by atoms with Crippen LogP contribution in [0.4, 0.5) is 0 Å². The maximum absolute atomic E-state index is 12.3. The second kappa shape index (κ2) is 9.87. The standard InChI is InChI=1S/C18H28N2O3.ClH/c1-13(2)17(19)18(21)20-10-8-15(9-11-20)23-12-14-6-4-5-7-16(14)22-3;/h4-7,13,15,17H,8-12,19H2,1-3H3;1H/t17-;/m0./s1. The van der Waals surface area contributed by atoms with Crippen LogP contribution in [0.25, 0.3) is 0 Å². The number of nitrogens with two attached hydrogens (primary N) is 1. The average Bonchev–Trinajstić information content (AvgIpc) is 2.59. The Balaban J connectivity index is 0.00000288. The molecular weight excluding hydrogens is 328 g/mol. The van der Waals surface area contributed by atoms with E-state index >= 15 is 0 Å². The van der Waals surface area contributed by atoms with Gasteiger partial charge in [-0.3, -0.25) is 4.79 Å². The van der Waals surface area contributed by atoms with Crippen LogP contribution in [0.1, 0.15) is 32.3 Å². The maximum Gasteiger partial charge on any atom is 0.239 e. The van der Waals surface area contributed by atoms with Gasteiger partial charge in [-0.15, -0.1) is 12.4 Å². The predicted octanol–water partition coefficient (Wildman–Crippen LogP) is 2.61. The number of para-hydroxylation sites is 1. The summed E-state index contributed by atoms with van der Waals surface area (Å²) in [5.74, 6) is 1.08. The van der Waals surface area contributed by atoms with E-state index in [2.05, 4.69) is 0 Å². The van der Waals surface area contributed by atoms with Gasteiger partial charge in [-0.2, -0.15) is 0 Å². The molecule has 24 heavy (non-hydrogen) atoms. The van der Waals surface area contributed by atoms with Crippen LogP contribution < -0.4 is 10.5 Å². The van der Waals surface area contributed by atoms with Gasteiger partial charge in [0.05, 0.1) is 25.9 Å². The van der Waals surface area contributed by atoms with Crippen molar-refractivity contribution in [3.05, 3.63) is 29.8 Å². The first-order valence-electron chi connectivity index (χ1n) is 8.30. The lowest BCUT2D eigenvalue weighted by molar-refractivity contribution is -0.136. The zero-order valence-electron chi connectivity index (χ0n) is 14.7. The minimum Gasteiger partial charge on any atom is -0.496 e. The summed E-state index contributed by atoms with van der Waals surface area (Å²) in [6.45, 7) is 5.93. The van der Waals surface area contributed by atoms with E-state index in [1.165, 1.54) is 0 Å². The number of rotatable bonds is 6. The van der Waals surface area contributed by atoms with Crippen LogP contribution in [0.5, 0.6) is 5.75 Å². The fourth-order valence-electron chi connectivity index (χ4n) is 2.77. The van der Waals surface area contributed by atoms with Gasteiger partial charge in [0.15, 0.2) is 0 Å². The van der Waals surface area contributed by atoms with E-state index in [0.717, 1.165) is 37.2 Å². The van der Waals surface area contributed by atoms with Crippen molar-refractivity contribution in [2.75, 3.05) is 20.2 Å². The number of hydrogen-bond acceptors (Lipinski definition) is 4. The number of benzene rings is 1. The highest BCUT2D eigenvalue weighted by molar-refractivity contribution is 5.85. The molecule has 1 aromatic rings. The second-order valence-electron chi connectivity index (χ2n) is 6.42. The summed E-state index contributed by atoms with van der Waals surface area (Å²) in [5, 5.41) is 0. The second-order valence-corrected chi connectivity index (χ2v) is 6.42. The number of amides is 1. The molecule has 1 aromatic carbocycles. The number of nitrogens with zero attached hydrogens (tertiary/aromatic N) is 1. The van der Waals surface area contributed by atoms with Crippen LogP contribution in [-0.4, -0.2) is 43.2 Å². The van der Waals surface area contributed by atoms with Crippen LogP contribution in [0.2, 0.25) is 0 Å². The summed E-state index contributed by atoms with van der Waals surface area (Å²) >= 11 is 0. The Morgan fingerprint density at radius 1 is 1.29 bits per heavy atom. The number of carbonyl (C=O) groups excluding carboxylic acids is 1. The number of likely N-dealkylation sites (tertiary alicyclic amines) is 1. The van der Waals surface area contributed by atoms with Gasteiger partial charge in [0.2, 0.25) is 5.91 Å². The zero-order chi connectivity index (χ0) is 16.8. The van der Waals surface area contributed by atoms with Crippen molar-refractivity contribution < 1.29 is 14.3 Å². The predicted molar refractivity (Wildman–Crippen MR) is 97.4 cm³/mol. The smallest absolute Gasteiger partial charge is 0.239 e. The van der Waals surface area contributed by atoms with Gasteiger partial charge in [-0.05, 0) is 24.8 Å². The largest absolute Gasteiger partial charge is 0.496 e. The molecule has 1 aliphatic rings. The third-order valence-electron chi connectivity index (χ3n) is 4.42. The van der Waals surface area contributed by atoms with E-state index < -0.39 is 6.04 Å². The summed E-state index contributed by atoms with van der Waals surface area (Å²) in [7, 11) is 1.67. The number of ether oxygens (including phenoxy) is 2. The lowest BCUT2D eigenvalue weighted by Gasteiger charge is -2.34. The van der Waals surface area contributed by atoms with Crippen molar-refractivity contribution in [2.45, 2.75) is 45.4 Å².